The monoisotopic (exact) mass is 487 g/mol. The van der Waals surface area contributed by atoms with Crippen molar-refractivity contribution in [3.8, 4) is 11.3 Å². The van der Waals surface area contributed by atoms with E-state index in [0.29, 0.717) is 24.2 Å². The summed E-state index contributed by atoms with van der Waals surface area (Å²) < 4.78 is 45.9. The van der Waals surface area contributed by atoms with E-state index in [4.69, 9.17) is 4.74 Å². The third kappa shape index (κ3) is 4.51. The minimum atomic E-state index is -4.56. The van der Waals surface area contributed by atoms with Gasteiger partial charge < -0.3 is 14.8 Å². The lowest BCUT2D eigenvalue weighted by molar-refractivity contribution is -0.137. The second-order valence-electron chi connectivity index (χ2n) is 8.92. The van der Waals surface area contributed by atoms with E-state index in [1.165, 1.54) is 29.2 Å². The minimum absolute atomic E-state index is 0.0628. The van der Waals surface area contributed by atoms with Crippen molar-refractivity contribution in [3.63, 3.8) is 0 Å². The third-order valence-electron chi connectivity index (χ3n) is 6.69. The first-order valence-corrected chi connectivity index (χ1v) is 11.4. The number of amides is 1. The van der Waals surface area contributed by atoms with Crippen LogP contribution in [0.1, 0.15) is 18.4 Å². The number of hydrogen-bond acceptors (Lipinski definition) is 5. The fourth-order valence-corrected chi connectivity index (χ4v) is 4.96. The number of nitrogens with one attached hydrogen (secondary N) is 1. The molecule has 0 unspecified atom stereocenters. The number of rotatable bonds is 5. The summed E-state index contributed by atoms with van der Waals surface area (Å²) in [6.45, 7) is 1.72. The molecule has 2 aliphatic rings. The van der Waals surface area contributed by atoms with Gasteiger partial charge in [0.15, 0.2) is 0 Å². The highest BCUT2D eigenvalue weighted by Crippen LogP contribution is 2.37. The lowest BCUT2D eigenvalue weighted by atomic mass is 10.0. The van der Waals surface area contributed by atoms with Crippen molar-refractivity contribution in [1.29, 1.82) is 0 Å². The molecule has 2 fully saturated rings. The van der Waals surface area contributed by atoms with Gasteiger partial charge in [-0.1, -0.05) is 24.3 Å². The van der Waals surface area contributed by atoms with Crippen LogP contribution in [0.4, 0.5) is 23.7 Å². The second kappa shape index (κ2) is 9.01. The summed E-state index contributed by atoms with van der Waals surface area (Å²) in [7, 11) is 0. The standard InChI is InChI=1S/C25H24F3N3O4/c26-25(27,28)21-6-2-1-5-19(21)22-10-15-7-8-16(11-20(15)23(33)29-22)31-13-18(35-24(31)34)12-30-9-3-4-17(30)14-32/h1-2,5-8,10-11,17-18,32H,3-4,9,12-14H2,(H,29,33)/t17-,18-/m1/s1. The van der Waals surface area contributed by atoms with Gasteiger partial charge >= 0.3 is 12.3 Å². The maximum atomic E-state index is 13.5. The van der Waals surface area contributed by atoms with E-state index in [1.807, 2.05) is 0 Å². The van der Waals surface area contributed by atoms with Gasteiger partial charge in [-0.25, -0.2) is 4.79 Å². The molecule has 0 spiro atoms. The summed E-state index contributed by atoms with van der Waals surface area (Å²) in [5, 5.41) is 10.2. The number of hydrogen-bond donors (Lipinski definition) is 2. The Morgan fingerprint density at radius 3 is 2.69 bits per heavy atom. The number of aliphatic hydroxyl groups is 1. The molecule has 10 heteroatoms. The average Bonchev–Trinajstić information content (AvgIpc) is 3.44. The number of nitrogens with zero attached hydrogens (tertiary/aromatic N) is 2. The van der Waals surface area contributed by atoms with E-state index < -0.39 is 23.4 Å². The molecular formula is C25H24F3N3O4. The van der Waals surface area contributed by atoms with Gasteiger partial charge in [0.25, 0.3) is 5.56 Å². The number of carbonyl (C=O) groups excluding carboxylic acids is 1. The quantitative estimate of drug-likeness (QED) is 0.569. The van der Waals surface area contributed by atoms with E-state index in [1.54, 1.807) is 18.2 Å². The Kier molecular flexibility index (Phi) is 6.02. The number of benzene rings is 2. The van der Waals surface area contributed by atoms with Crippen molar-refractivity contribution in [2.45, 2.75) is 31.2 Å². The first kappa shape index (κ1) is 23.4. The van der Waals surface area contributed by atoms with E-state index in [-0.39, 0.29) is 35.4 Å². The topological polar surface area (TPSA) is 85.9 Å². The summed E-state index contributed by atoms with van der Waals surface area (Å²) in [6.07, 6.45) is -3.57. The maximum Gasteiger partial charge on any atom is 0.417 e. The molecule has 5 rings (SSSR count). The van der Waals surface area contributed by atoms with Crippen molar-refractivity contribution >= 4 is 22.6 Å². The Hall–Kier alpha value is -3.37. The first-order chi connectivity index (χ1) is 16.7. The molecule has 0 saturated carbocycles. The Morgan fingerprint density at radius 1 is 1.11 bits per heavy atom. The lowest BCUT2D eigenvalue weighted by Crippen LogP contribution is -2.39. The number of cyclic esters (lactones) is 1. The molecule has 2 aromatic carbocycles. The van der Waals surface area contributed by atoms with Gasteiger partial charge in [-0.3, -0.25) is 14.6 Å². The summed E-state index contributed by atoms with van der Waals surface area (Å²) in [5.41, 5.74) is -0.966. The zero-order valence-corrected chi connectivity index (χ0v) is 18.7. The average molecular weight is 487 g/mol. The molecule has 3 aromatic rings. The minimum Gasteiger partial charge on any atom is -0.443 e. The van der Waals surface area contributed by atoms with Crippen LogP contribution in [-0.2, 0) is 10.9 Å². The van der Waals surface area contributed by atoms with Crippen LogP contribution in [0.5, 0.6) is 0 Å². The summed E-state index contributed by atoms with van der Waals surface area (Å²) in [5.74, 6) is 0. The van der Waals surface area contributed by atoms with Gasteiger partial charge in [0.2, 0.25) is 0 Å². The number of likely N-dealkylation sites (tertiary alicyclic amines) is 1. The van der Waals surface area contributed by atoms with Crippen LogP contribution in [0, 0.1) is 0 Å². The number of aromatic nitrogens is 1. The predicted molar refractivity (Wildman–Crippen MR) is 124 cm³/mol. The highest BCUT2D eigenvalue weighted by molar-refractivity contribution is 5.94. The number of fused-ring (bicyclic) bond motifs is 1. The molecule has 35 heavy (non-hydrogen) atoms. The van der Waals surface area contributed by atoms with Gasteiger partial charge in [-0.05, 0) is 49.0 Å². The molecule has 2 N–H and O–H groups in total. The highest BCUT2D eigenvalue weighted by Gasteiger charge is 2.36. The predicted octanol–water partition coefficient (Wildman–Crippen LogP) is 4.00. The lowest BCUT2D eigenvalue weighted by Gasteiger charge is -2.24. The molecule has 7 nitrogen and oxygen atoms in total. The zero-order chi connectivity index (χ0) is 24.7. The molecule has 2 saturated heterocycles. The van der Waals surface area contributed by atoms with Gasteiger partial charge in [-0.15, -0.1) is 0 Å². The van der Waals surface area contributed by atoms with Crippen molar-refractivity contribution in [1.82, 2.24) is 9.88 Å². The number of aliphatic hydroxyl groups excluding tert-OH is 1. The number of carbonyl (C=O) groups is 1. The number of ether oxygens (including phenoxy) is 1. The van der Waals surface area contributed by atoms with E-state index in [2.05, 4.69) is 9.88 Å². The highest BCUT2D eigenvalue weighted by atomic mass is 19.4. The number of aromatic amines is 1. The second-order valence-corrected chi connectivity index (χ2v) is 8.92. The zero-order valence-electron chi connectivity index (χ0n) is 18.7. The van der Waals surface area contributed by atoms with Gasteiger partial charge in [0.05, 0.1) is 18.7 Å². The Bertz CT molecular complexity index is 1320. The smallest absolute Gasteiger partial charge is 0.417 e. The van der Waals surface area contributed by atoms with Gasteiger partial charge in [0.1, 0.15) is 6.10 Å². The number of pyridine rings is 1. The maximum absolute atomic E-state index is 13.5. The molecule has 2 aliphatic heterocycles. The molecule has 0 radical (unpaired) electrons. The fourth-order valence-electron chi connectivity index (χ4n) is 4.96. The van der Waals surface area contributed by atoms with Crippen molar-refractivity contribution in [3.05, 3.63) is 64.4 Å². The molecule has 2 atom stereocenters. The van der Waals surface area contributed by atoms with Crippen LogP contribution in [0.2, 0.25) is 0 Å². The molecule has 3 heterocycles. The van der Waals surface area contributed by atoms with Crippen molar-refractivity contribution in [2.24, 2.45) is 0 Å². The van der Waals surface area contributed by atoms with Gasteiger partial charge in [0, 0.05) is 34.9 Å². The molecule has 0 bridgehead atoms. The number of anilines is 1. The largest absolute Gasteiger partial charge is 0.443 e. The Morgan fingerprint density at radius 2 is 1.91 bits per heavy atom. The normalized spacial score (nSPS) is 21.1. The molecule has 184 valence electrons. The van der Waals surface area contributed by atoms with E-state index in [0.717, 1.165) is 25.5 Å². The molecule has 0 aliphatic carbocycles. The Labute approximate surface area is 198 Å². The van der Waals surface area contributed by atoms with Crippen LogP contribution in [0.3, 0.4) is 0 Å². The van der Waals surface area contributed by atoms with Crippen molar-refractivity contribution in [2.75, 3.05) is 31.1 Å². The molecular weight excluding hydrogens is 463 g/mol. The summed E-state index contributed by atoms with van der Waals surface area (Å²) >= 11 is 0. The first-order valence-electron chi connectivity index (χ1n) is 11.4. The third-order valence-corrected chi connectivity index (χ3v) is 6.69. The summed E-state index contributed by atoms with van der Waals surface area (Å²) in [6, 6.07) is 11.4. The number of alkyl halides is 3. The summed E-state index contributed by atoms with van der Waals surface area (Å²) in [4.78, 5) is 31.5. The van der Waals surface area contributed by atoms with Crippen LogP contribution in [0.15, 0.2) is 53.3 Å². The number of H-pyrrole nitrogens is 1. The van der Waals surface area contributed by atoms with Crippen LogP contribution in [0.25, 0.3) is 22.0 Å². The Balaban J connectivity index is 1.42. The van der Waals surface area contributed by atoms with Crippen molar-refractivity contribution < 1.29 is 27.8 Å². The van der Waals surface area contributed by atoms with Crippen LogP contribution < -0.4 is 10.5 Å². The van der Waals surface area contributed by atoms with Crippen LogP contribution in [-0.4, -0.2) is 59.5 Å². The van der Waals surface area contributed by atoms with E-state index in [9.17, 15) is 27.9 Å². The number of halogens is 3. The molecule has 1 amide bonds. The van der Waals surface area contributed by atoms with Gasteiger partial charge in [-0.2, -0.15) is 13.2 Å². The van der Waals surface area contributed by atoms with E-state index >= 15 is 0 Å². The fraction of sp³-hybridized carbons (Fsp3) is 0.360. The molecule has 1 aromatic heterocycles. The van der Waals surface area contributed by atoms with Crippen LogP contribution >= 0.6 is 0 Å². The SMILES string of the molecule is O=C1O[C@H](CN2CCC[C@@H]2CO)CN1c1ccc2cc(-c3ccccc3C(F)(F)F)[nH]c(=O)c2c1.